The maximum Gasteiger partial charge on any atom is 0.305 e. The second-order valence-corrected chi connectivity index (χ2v) is 33.2. The number of hydrogen-bond acceptors (Lipinski definition) is 16. The Balaban J connectivity index is 0.514. The first-order valence-electron chi connectivity index (χ1n) is 44.6. The minimum Gasteiger partial charge on any atom is -0.497 e. The average Bonchev–Trinajstić information content (AvgIpc) is 1.52. The number of fused-ring (bicyclic) bond motifs is 16. The third-order valence-corrected chi connectivity index (χ3v) is 26.1. The van der Waals surface area contributed by atoms with E-state index in [1.54, 1.807) is 56.9 Å². The lowest BCUT2D eigenvalue weighted by atomic mass is 9.69. The number of carbonyl (C=O) groups excluding carboxylic acids is 2. The molecule has 2 atom stereocenters. The molecule has 16 heteroatoms. The van der Waals surface area contributed by atoms with E-state index in [0.29, 0.717) is 37.2 Å². The van der Waals surface area contributed by atoms with Crippen molar-refractivity contribution in [1.29, 1.82) is 0 Å². The molecule has 0 bridgehead atoms. The van der Waals surface area contributed by atoms with Gasteiger partial charge in [0.05, 0.1) is 56.9 Å². The smallest absolute Gasteiger partial charge is 0.305 e. The summed E-state index contributed by atoms with van der Waals surface area (Å²) in [5, 5.41) is 4.10. The van der Waals surface area contributed by atoms with Crippen LogP contribution in [0.25, 0.3) is 78.2 Å². The summed E-state index contributed by atoms with van der Waals surface area (Å²) < 4.78 is 85.9. The van der Waals surface area contributed by atoms with E-state index in [1.807, 2.05) is 84.9 Å². The molecule has 650 valence electrons. The molecule has 12 aromatic rings. The Bertz CT molecular complexity index is 5640. The summed E-state index contributed by atoms with van der Waals surface area (Å²) >= 11 is 0. The third-order valence-electron chi connectivity index (χ3n) is 26.1. The molecule has 2 unspecified atom stereocenters. The first-order chi connectivity index (χ1) is 61.6. The third kappa shape index (κ3) is 16.3. The molecular formula is C110H114O16. The number of methoxy groups -OCH3 is 8. The van der Waals surface area contributed by atoms with Gasteiger partial charge in [0.15, 0.2) is 11.2 Å². The highest BCUT2D eigenvalue weighted by molar-refractivity contribution is 6.11. The van der Waals surface area contributed by atoms with Gasteiger partial charge in [0, 0.05) is 91.1 Å². The van der Waals surface area contributed by atoms with E-state index in [-0.39, 0.29) is 49.2 Å². The fourth-order valence-electron chi connectivity index (χ4n) is 20.3. The van der Waals surface area contributed by atoms with Crippen LogP contribution in [0.4, 0.5) is 0 Å². The minimum atomic E-state index is -1.07. The van der Waals surface area contributed by atoms with Gasteiger partial charge in [-0.1, -0.05) is 164 Å². The normalized spacial score (nSPS) is 15.6. The Morgan fingerprint density at radius 1 is 0.310 bits per heavy atom. The van der Waals surface area contributed by atoms with E-state index in [2.05, 4.69) is 173 Å². The number of esters is 2. The van der Waals surface area contributed by atoms with Gasteiger partial charge in [-0.2, -0.15) is 0 Å². The molecule has 0 spiro atoms. The summed E-state index contributed by atoms with van der Waals surface area (Å²) in [6.07, 6.45) is 22.3. The van der Waals surface area contributed by atoms with Crippen LogP contribution in [0.1, 0.15) is 186 Å². The maximum absolute atomic E-state index is 13.0. The van der Waals surface area contributed by atoms with Gasteiger partial charge >= 0.3 is 11.9 Å². The average molecular weight is 1690 g/mol. The SMILES string of the molecule is CCCC1(CCC)c2cc(-c3ccc(OC)cc3OC)ccc2-c2c1c1c(c3ccc(OC)cc23)OC(c2ccc(OC)cc2)(c2ccc(OCCOC(=O)CCCCCCCCC(=O)OCCOc3ccc(C4(c5ccc(OC)cc5)C=Cc5c6c(c7cc(OC)ccc7c5O4)-c4ccc(-c5ccc(OC)cc5OC)cc4C6(CCC)CCC)cc3)cc2)C=C1. The van der Waals surface area contributed by atoms with Gasteiger partial charge in [-0.05, 0) is 238 Å². The lowest BCUT2D eigenvalue weighted by Crippen LogP contribution is -2.35. The van der Waals surface area contributed by atoms with Crippen LogP contribution < -0.4 is 56.8 Å². The molecule has 0 N–H and O–H groups in total. The van der Waals surface area contributed by atoms with Crippen LogP contribution in [-0.2, 0) is 41.1 Å². The van der Waals surface area contributed by atoms with Crippen LogP contribution in [0.2, 0.25) is 0 Å². The highest BCUT2D eigenvalue weighted by Gasteiger charge is 2.51. The van der Waals surface area contributed by atoms with Gasteiger partial charge in [0.25, 0.3) is 0 Å². The predicted octanol–water partition coefficient (Wildman–Crippen LogP) is 25.5. The lowest BCUT2D eigenvalue weighted by molar-refractivity contribution is -0.145. The first-order valence-corrected chi connectivity index (χ1v) is 44.6. The van der Waals surface area contributed by atoms with Crippen molar-refractivity contribution >= 4 is 45.6 Å². The van der Waals surface area contributed by atoms with Gasteiger partial charge in [-0.15, -0.1) is 0 Å². The van der Waals surface area contributed by atoms with E-state index < -0.39 is 11.2 Å². The van der Waals surface area contributed by atoms with E-state index >= 15 is 0 Å². The van der Waals surface area contributed by atoms with Crippen LogP contribution in [-0.4, -0.2) is 95.2 Å². The van der Waals surface area contributed by atoms with E-state index in [4.69, 9.17) is 66.3 Å². The molecule has 0 saturated carbocycles. The second kappa shape index (κ2) is 37.9. The summed E-state index contributed by atoms with van der Waals surface area (Å²) in [6, 6.07) is 70.8. The summed E-state index contributed by atoms with van der Waals surface area (Å²) in [5.41, 5.74) is 17.1. The quantitative estimate of drug-likeness (QED) is 0.0264. The monoisotopic (exact) mass is 1690 g/mol. The molecule has 0 amide bonds. The first kappa shape index (κ1) is 86.7. The van der Waals surface area contributed by atoms with E-state index in [1.165, 1.54) is 44.5 Å². The zero-order chi connectivity index (χ0) is 87.7. The fraction of sp³-hybridized carbons (Fsp3) is 0.327. The summed E-state index contributed by atoms with van der Waals surface area (Å²) in [6.45, 7) is 9.76. The topological polar surface area (TPSA) is 163 Å². The number of ether oxygens (including phenoxy) is 14. The van der Waals surface area contributed by atoms with Crippen molar-refractivity contribution in [3.63, 3.8) is 0 Å². The highest BCUT2D eigenvalue weighted by Crippen LogP contribution is 2.65. The van der Waals surface area contributed by atoms with Gasteiger partial charge < -0.3 is 66.3 Å². The zero-order valence-electron chi connectivity index (χ0n) is 74.6. The molecule has 4 aliphatic rings. The van der Waals surface area contributed by atoms with E-state index in [9.17, 15) is 9.59 Å². The van der Waals surface area contributed by atoms with Crippen molar-refractivity contribution in [3.8, 4) is 114 Å². The Labute approximate surface area is 740 Å². The lowest BCUT2D eigenvalue weighted by Gasteiger charge is -2.40. The highest BCUT2D eigenvalue weighted by atomic mass is 16.6. The summed E-state index contributed by atoms with van der Waals surface area (Å²) in [4.78, 5) is 26.0. The fourth-order valence-corrected chi connectivity index (χ4v) is 20.3. The minimum absolute atomic E-state index is 0.117. The molecule has 0 saturated heterocycles. The Hall–Kier alpha value is -12.8. The largest absolute Gasteiger partial charge is 0.497 e. The predicted molar refractivity (Wildman–Crippen MR) is 500 cm³/mol. The van der Waals surface area contributed by atoms with Crippen LogP contribution in [0.5, 0.6) is 69.0 Å². The van der Waals surface area contributed by atoms with Crippen molar-refractivity contribution in [1.82, 2.24) is 0 Å². The van der Waals surface area contributed by atoms with Crippen molar-refractivity contribution in [2.24, 2.45) is 0 Å². The van der Waals surface area contributed by atoms with Crippen molar-refractivity contribution in [3.05, 3.63) is 274 Å². The van der Waals surface area contributed by atoms with Crippen LogP contribution in [0, 0.1) is 0 Å². The van der Waals surface area contributed by atoms with Gasteiger partial charge in [-0.25, -0.2) is 0 Å². The molecule has 0 radical (unpaired) electrons. The van der Waals surface area contributed by atoms with Crippen LogP contribution in [0.15, 0.2) is 218 Å². The number of carbonyl (C=O) groups is 2. The molecule has 0 fully saturated rings. The van der Waals surface area contributed by atoms with Gasteiger partial charge in [0.1, 0.15) is 95.4 Å². The van der Waals surface area contributed by atoms with Crippen molar-refractivity contribution < 1.29 is 75.9 Å². The molecule has 0 aromatic heterocycles. The van der Waals surface area contributed by atoms with Crippen molar-refractivity contribution in [2.45, 2.75) is 152 Å². The molecule has 16 nitrogen and oxygen atoms in total. The van der Waals surface area contributed by atoms with Crippen molar-refractivity contribution in [2.75, 3.05) is 83.3 Å². The standard InChI is InChI=1S/C110H114O16/c1-13-55-107(56-14-2)95-65-71(85-49-43-83(117-9)69-97(85)119-11)25-47-89(95)101-93-67-81(115-7)45-51-87(93)105-91(103(101)107)53-59-109(125-105,73-27-35-77(113-5)36-28-73)75-31-39-79(40-32-75)121-61-63-123-99(111)23-21-19-17-18-20-22-24-100(112)124-64-62-122-80-41-33-76(34-42-80)110(74-29-37-78(114-6)38-30-74)60-54-92-104-102(94-68-82(116-8)46-52-88(94)106(92)126-110)90-48-26-72(66-96(90)108(104,57-15-3)58-16-4)86-50-44-84(118-10)70-98(86)120-12/h25-54,59-60,65-70H,13-24,55-58,61-64H2,1-12H3. The zero-order valence-corrected chi connectivity index (χ0v) is 74.6. The summed E-state index contributed by atoms with van der Waals surface area (Å²) in [5.74, 6) is 8.35. The number of benzene rings is 12. The van der Waals surface area contributed by atoms with Gasteiger partial charge in [0.2, 0.25) is 0 Å². The molecule has 126 heavy (non-hydrogen) atoms. The molecule has 2 aliphatic carbocycles. The molecule has 2 aliphatic heterocycles. The number of unbranched alkanes of at least 4 members (excludes halogenated alkanes) is 5. The molecule has 2 heterocycles. The van der Waals surface area contributed by atoms with Gasteiger partial charge in [-0.3, -0.25) is 9.59 Å². The second-order valence-electron chi connectivity index (χ2n) is 33.2. The Kier molecular flexibility index (Phi) is 26.1. The van der Waals surface area contributed by atoms with Crippen LogP contribution >= 0.6 is 0 Å². The van der Waals surface area contributed by atoms with E-state index in [0.717, 1.165) is 212 Å². The molecule has 16 rings (SSSR count). The molecule has 12 aromatic carbocycles. The Morgan fingerprint density at radius 3 is 0.968 bits per heavy atom. The molecular weight excluding hydrogens is 1580 g/mol. The maximum atomic E-state index is 13.0. The summed E-state index contributed by atoms with van der Waals surface area (Å²) in [7, 11) is 13.6. The Morgan fingerprint density at radius 2 is 0.627 bits per heavy atom. The number of rotatable bonds is 39. The van der Waals surface area contributed by atoms with Crippen LogP contribution in [0.3, 0.4) is 0 Å². The number of hydrogen-bond donors (Lipinski definition) is 0.